The molecule has 0 aliphatic carbocycles. The summed E-state index contributed by atoms with van der Waals surface area (Å²) in [4.78, 5) is 30.2. The molecular formula is C14H20B9FN2O4. The summed E-state index contributed by atoms with van der Waals surface area (Å²) in [6.07, 6.45) is 0. The predicted octanol–water partition coefficient (Wildman–Crippen LogP) is -11.6. The number of aromatic nitrogens is 1. The summed E-state index contributed by atoms with van der Waals surface area (Å²) < 4.78 is 25.0. The Balaban J connectivity index is 2.74. The summed E-state index contributed by atoms with van der Waals surface area (Å²) in [5, 5.41) is 0. The normalized spacial score (nSPS) is 10.4. The minimum atomic E-state index is -0.535. The van der Waals surface area contributed by atoms with Crippen LogP contribution in [0.4, 0.5) is 4.39 Å². The summed E-state index contributed by atoms with van der Waals surface area (Å²) in [6, 6.07) is 0. The summed E-state index contributed by atoms with van der Waals surface area (Å²) in [5.41, 5.74) is 5.88. The smallest absolute Gasteiger partial charge is 0.326 e. The van der Waals surface area contributed by atoms with Gasteiger partial charge < -0.3 is 14.1 Å². The van der Waals surface area contributed by atoms with Gasteiger partial charge in [-0.15, -0.1) is 0 Å². The molecule has 6 nitrogen and oxygen atoms in total. The molecule has 0 aliphatic rings. The topological polar surface area (TPSA) is 68.7 Å². The van der Waals surface area contributed by atoms with Crippen LogP contribution in [0, 0.1) is 5.82 Å². The van der Waals surface area contributed by atoms with Gasteiger partial charge in [0.25, 0.3) is 5.91 Å². The largest absolute Gasteiger partial charge is 0.567 e. The van der Waals surface area contributed by atoms with Crippen LogP contribution in [0.5, 0.6) is 5.75 Å². The van der Waals surface area contributed by atoms with Crippen molar-refractivity contribution in [1.82, 2.24) is 9.79 Å². The van der Waals surface area contributed by atoms with Gasteiger partial charge in [0.15, 0.2) is 13.5 Å². The highest BCUT2D eigenvalue weighted by Crippen LogP contribution is 2.19. The van der Waals surface area contributed by atoms with Crippen LogP contribution < -0.4 is 37.6 Å². The average Bonchev–Trinajstić information content (AvgIpc) is 2.71. The first-order chi connectivity index (χ1) is 14.0. The van der Waals surface area contributed by atoms with Crippen LogP contribution in [0.3, 0.4) is 0 Å². The fourth-order valence-corrected chi connectivity index (χ4v) is 3.79. The number of halogens is 1. The zero-order valence-corrected chi connectivity index (χ0v) is 19.1. The number of hydrogen-bond donors (Lipinski definition) is 0. The number of pyridine rings is 1. The van der Waals surface area contributed by atoms with Crippen molar-refractivity contribution >= 4 is 116 Å². The van der Waals surface area contributed by atoms with Crippen LogP contribution in [-0.4, -0.2) is 99.4 Å². The van der Waals surface area contributed by atoms with E-state index in [0.29, 0.717) is 27.7 Å². The van der Waals surface area contributed by atoms with E-state index >= 15 is 0 Å². The second-order valence-corrected chi connectivity index (χ2v) is 7.51. The molecule has 2 aromatic rings. The second-order valence-electron chi connectivity index (χ2n) is 7.51. The molecule has 0 radical (unpaired) electrons. The van der Waals surface area contributed by atoms with Crippen molar-refractivity contribution in [1.29, 1.82) is 0 Å². The number of hydrogen-bond acceptors (Lipinski definition) is 5. The van der Waals surface area contributed by atoms with E-state index in [1.54, 1.807) is 23.5 Å². The standard InChI is InChI=1S/C14H20B9FN2O4/c15-5-3(6(16)10(24)9(19)8(5)18)4-7(17)12(30-23)11(25-13(4)20)14(28)26(21)1-2(27)29-22/h1,15-23H2. The first kappa shape index (κ1) is 23.9. The summed E-state index contributed by atoms with van der Waals surface area (Å²) in [6.45, 7) is -0.208. The first-order valence-electron chi connectivity index (χ1n) is 9.61. The molecule has 1 amide bonds. The number of carbonyl (C=O) groups is 2. The lowest BCUT2D eigenvalue weighted by atomic mass is 9.63. The lowest BCUT2D eigenvalue weighted by Gasteiger charge is -2.25. The van der Waals surface area contributed by atoms with Gasteiger partial charge in [0.1, 0.15) is 57.3 Å². The number of carbonyl (C=O) groups excluding carboxylic acids is 2. The zero-order chi connectivity index (χ0) is 22.9. The molecule has 0 bridgehead atoms. The minimum Gasteiger partial charge on any atom is -0.567 e. The highest BCUT2D eigenvalue weighted by atomic mass is 19.1. The maximum absolute atomic E-state index is 14.9. The molecule has 0 N–H and O–H groups in total. The van der Waals surface area contributed by atoms with Gasteiger partial charge in [-0.1, -0.05) is 16.4 Å². The van der Waals surface area contributed by atoms with E-state index < -0.39 is 11.9 Å². The molecule has 0 saturated heterocycles. The van der Waals surface area contributed by atoms with Crippen molar-refractivity contribution in [2.75, 3.05) is 6.54 Å². The van der Waals surface area contributed by atoms with E-state index in [4.69, 9.17) is 4.65 Å². The molecule has 1 aromatic heterocycles. The van der Waals surface area contributed by atoms with E-state index in [2.05, 4.69) is 9.64 Å². The van der Waals surface area contributed by atoms with E-state index in [1.807, 2.05) is 23.5 Å². The third kappa shape index (κ3) is 4.09. The number of rotatable bonds is 5. The number of benzene rings is 1. The monoisotopic (exact) mass is 398 g/mol. The lowest BCUT2D eigenvalue weighted by Crippen LogP contribution is -2.48. The SMILES string of the molecule is BOC(=O)CN(B)C(=O)c1nc(B)c(-c2c(B)c(B)c(B)c(F)c2B)c(B)c1OB. The summed E-state index contributed by atoms with van der Waals surface area (Å²) >= 11 is 0. The fourth-order valence-electron chi connectivity index (χ4n) is 3.79. The number of nitrogens with zero attached hydrogens (tertiary/aromatic N) is 2. The quantitative estimate of drug-likeness (QED) is 0.470. The minimum absolute atomic E-state index is 0.0993. The van der Waals surface area contributed by atoms with Gasteiger partial charge in [-0.3, -0.25) is 14.6 Å². The lowest BCUT2D eigenvalue weighted by molar-refractivity contribution is -0.133. The van der Waals surface area contributed by atoms with Gasteiger partial charge in [-0.05, 0) is 22.1 Å². The van der Waals surface area contributed by atoms with Gasteiger partial charge >= 0.3 is 22.1 Å². The van der Waals surface area contributed by atoms with Crippen LogP contribution in [0.15, 0.2) is 0 Å². The maximum Gasteiger partial charge on any atom is 0.326 e. The first-order valence-corrected chi connectivity index (χ1v) is 9.61. The van der Waals surface area contributed by atoms with E-state index in [0.717, 1.165) is 22.1 Å². The molecule has 16 heteroatoms. The Morgan fingerprint density at radius 2 is 1.50 bits per heavy atom. The Bertz CT molecular complexity index is 1020. The molecule has 2 rings (SSSR count). The molecule has 1 heterocycles. The fraction of sp³-hybridized carbons (Fsp3) is 0.0714. The summed E-state index contributed by atoms with van der Waals surface area (Å²) in [5.74, 6) is -0.944. The molecule has 0 aliphatic heterocycles. The maximum atomic E-state index is 14.9. The predicted molar refractivity (Wildman–Crippen MR) is 142 cm³/mol. The Morgan fingerprint density at radius 1 is 0.900 bits per heavy atom. The van der Waals surface area contributed by atoms with Crippen LogP contribution in [0.1, 0.15) is 10.5 Å². The number of amides is 1. The molecule has 1 aromatic carbocycles. The van der Waals surface area contributed by atoms with Gasteiger partial charge in [-0.25, -0.2) is 4.39 Å². The Morgan fingerprint density at radius 3 is 2.03 bits per heavy atom. The molecule has 30 heavy (non-hydrogen) atoms. The zero-order valence-electron chi connectivity index (χ0n) is 19.1. The molecule has 0 fully saturated rings. The highest BCUT2D eigenvalue weighted by Gasteiger charge is 2.26. The third-order valence-corrected chi connectivity index (χ3v) is 5.70. The van der Waals surface area contributed by atoms with Crippen LogP contribution in [0.25, 0.3) is 11.1 Å². The van der Waals surface area contributed by atoms with Crippen LogP contribution in [0.2, 0.25) is 0 Å². The Hall–Kier alpha value is -2.38. The van der Waals surface area contributed by atoms with Crippen LogP contribution in [-0.2, 0) is 9.45 Å². The molecule has 144 valence electrons. The van der Waals surface area contributed by atoms with Crippen molar-refractivity contribution < 1.29 is 23.3 Å². The highest BCUT2D eigenvalue weighted by molar-refractivity contribution is 6.62. The van der Waals surface area contributed by atoms with Crippen LogP contribution >= 0.6 is 0 Å². The Labute approximate surface area is 184 Å². The van der Waals surface area contributed by atoms with E-state index in [-0.39, 0.29) is 18.1 Å². The van der Waals surface area contributed by atoms with E-state index in [9.17, 15) is 14.0 Å². The molecule has 0 unspecified atom stereocenters. The van der Waals surface area contributed by atoms with Gasteiger partial charge in [0.05, 0.1) is 0 Å². The Kier molecular flexibility index (Phi) is 7.32. The van der Waals surface area contributed by atoms with Crippen molar-refractivity contribution in [3.63, 3.8) is 0 Å². The molecular weight excluding hydrogens is 376 g/mol. The van der Waals surface area contributed by atoms with Gasteiger partial charge in [0.2, 0.25) is 7.98 Å². The van der Waals surface area contributed by atoms with E-state index in [1.165, 1.54) is 28.9 Å². The summed E-state index contributed by atoms with van der Waals surface area (Å²) in [7, 11) is 15.2. The van der Waals surface area contributed by atoms with Crippen molar-refractivity contribution in [3.8, 4) is 16.9 Å². The van der Waals surface area contributed by atoms with Crippen molar-refractivity contribution in [3.05, 3.63) is 11.5 Å². The average molecular weight is 397 g/mol. The van der Waals surface area contributed by atoms with Gasteiger partial charge in [0, 0.05) is 5.59 Å². The second kappa shape index (κ2) is 9.19. The molecule has 0 atom stereocenters. The molecule has 0 spiro atoms. The van der Waals surface area contributed by atoms with Crippen molar-refractivity contribution in [2.45, 2.75) is 0 Å². The van der Waals surface area contributed by atoms with Crippen molar-refractivity contribution in [2.24, 2.45) is 0 Å². The van der Waals surface area contributed by atoms with Gasteiger partial charge in [-0.2, -0.15) is 0 Å². The molecule has 0 saturated carbocycles. The third-order valence-electron chi connectivity index (χ3n) is 5.70.